The van der Waals surface area contributed by atoms with Crippen LogP contribution in [-0.2, 0) is 11.2 Å². The maximum atomic E-state index is 12.7. The fourth-order valence-corrected chi connectivity index (χ4v) is 3.71. The largest absolute Gasteiger partial charge is 0.378 e. The minimum atomic E-state index is -0.0931. The van der Waals surface area contributed by atoms with Crippen LogP contribution in [0.4, 0.5) is 5.82 Å². The van der Waals surface area contributed by atoms with Crippen LogP contribution in [0.25, 0.3) is 0 Å². The van der Waals surface area contributed by atoms with E-state index in [0.717, 1.165) is 37.9 Å². The van der Waals surface area contributed by atoms with E-state index in [9.17, 15) is 9.59 Å². The third-order valence-electron chi connectivity index (χ3n) is 5.32. The monoisotopic (exact) mass is 372 g/mol. The van der Waals surface area contributed by atoms with E-state index in [1.165, 1.54) is 0 Å². The van der Waals surface area contributed by atoms with Gasteiger partial charge in [-0.2, -0.15) is 0 Å². The van der Waals surface area contributed by atoms with Crippen molar-refractivity contribution >= 4 is 11.7 Å². The van der Waals surface area contributed by atoms with Crippen molar-refractivity contribution in [3.63, 3.8) is 0 Å². The number of morpholine rings is 1. The molecule has 0 radical (unpaired) electrons. The van der Waals surface area contributed by atoms with E-state index in [4.69, 9.17) is 9.26 Å². The summed E-state index contributed by atoms with van der Waals surface area (Å²) in [7, 11) is 0. The molecule has 4 rings (SSSR count). The van der Waals surface area contributed by atoms with Gasteiger partial charge in [-0.15, -0.1) is 0 Å². The normalized spacial score (nSPS) is 18.7. The van der Waals surface area contributed by atoms with Gasteiger partial charge < -0.3 is 24.0 Å². The third-order valence-corrected chi connectivity index (χ3v) is 5.32. The van der Waals surface area contributed by atoms with Crippen molar-refractivity contribution < 1.29 is 14.1 Å². The van der Waals surface area contributed by atoms with Gasteiger partial charge in [-0.3, -0.25) is 9.59 Å². The Morgan fingerprint density at radius 2 is 1.96 bits per heavy atom. The van der Waals surface area contributed by atoms with Gasteiger partial charge >= 0.3 is 0 Å². The maximum Gasteiger partial charge on any atom is 0.292 e. The molecule has 0 saturated carbocycles. The number of aromatic amines is 1. The lowest BCUT2D eigenvalue weighted by atomic mass is 9.90. The Morgan fingerprint density at radius 3 is 2.67 bits per heavy atom. The zero-order valence-corrected chi connectivity index (χ0v) is 15.2. The summed E-state index contributed by atoms with van der Waals surface area (Å²) in [5, 5.41) is 4.05. The molecule has 2 saturated heterocycles. The second kappa shape index (κ2) is 7.96. The van der Waals surface area contributed by atoms with Crippen molar-refractivity contribution in [1.82, 2.24) is 15.0 Å². The van der Waals surface area contributed by atoms with Crippen LogP contribution in [0.1, 0.15) is 29.0 Å². The number of H-pyrrole nitrogens is 1. The summed E-state index contributed by atoms with van der Waals surface area (Å²) < 4.78 is 10.6. The van der Waals surface area contributed by atoms with Crippen LogP contribution in [0.2, 0.25) is 0 Å². The molecule has 0 aliphatic carbocycles. The van der Waals surface area contributed by atoms with Gasteiger partial charge in [-0.25, -0.2) is 0 Å². The number of anilines is 1. The number of aromatic nitrogens is 2. The lowest BCUT2D eigenvalue weighted by Crippen LogP contribution is -2.39. The van der Waals surface area contributed by atoms with Crippen molar-refractivity contribution in [3.8, 4) is 0 Å². The molecule has 0 atom stereocenters. The quantitative estimate of drug-likeness (QED) is 0.870. The highest BCUT2D eigenvalue weighted by Crippen LogP contribution is 2.24. The summed E-state index contributed by atoms with van der Waals surface area (Å²) in [6.07, 6.45) is 4.58. The number of ether oxygens (including phenoxy) is 1. The van der Waals surface area contributed by atoms with E-state index in [2.05, 4.69) is 15.0 Å². The van der Waals surface area contributed by atoms with Crippen LogP contribution in [0, 0.1) is 5.92 Å². The summed E-state index contributed by atoms with van der Waals surface area (Å²) >= 11 is 0. The molecule has 0 unspecified atom stereocenters. The van der Waals surface area contributed by atoms with Crippen LogP contribution in [0.5, 0.6) is 0 Å². The molecule has 8 nitrogen and oxygen atoms in total. The number of amides is 1. The smallest absolute Gasteiger partial charge is 0.292 e. The SMILES string of the molecule is O=C(c1cc(N2CCOCC2)no1)N1CCC(Cc2ccc(=O)[nH]c2)CC1. The van der Waals surface area contributed by atoms with E-state index in [1.54, 1.807) is 18.3 Å². The molecule has 2 aliphatic heterocycles. The highest BCUT2D eigenvalue weighted by molar-refractivity contribution is 5.92. The van der Waals surface area contributed by atoms with Crippen molar-refractivity contribution in [2.45, 2.75) is 19.3 Å². The van der Waals surface area contributed by atoms with Gasteiger partial charge in [-0.05, 0) is 30.7 Å². The minimum absolute atomic E-state index is 0.0809. The van der Waals surface area contributed by atoms with Gasteiger partial charge in [-0.1, -0.05) is 11.2 Å². The number of rotatable bonds is 4. The Bertz CT molecular complexity index is 812. The van der Waals surface area contributed by atoms with Gasteiger partial charge in [0, 0.05) is 44.5 Å². The molecule has 1 N–H and O–H groups in total. The Hall–Kier alpha value is -2.61. The molecular weight excluding hydrogens is 348 g/mol. The summed E-state index contributed by atoms with van der Waals surface area (Å²) in [4.78, 5) is 30.5. The average Bonchev–Trinajstić information content (AvgIpc) is 3.21. The Morgan fingerprint density at radius 1 is 1.19 bits per heavy atom. The molecule has 4 heterocycles. The number of pyridine rings is 1. The first kappa shape index (κ1) is 17.8. The van der Waals surface area contributed by atoms with Gasteiger partial charge in [0.25, 0.3) is 5.91 Å². The van der Waals surface area contributed by atoms with Crippen LogP contribution in [-0.4, -0.2) is 60.3 Å². The van der Waals surface area contributed by atoms with E-state index >= 15 is 0 Å². The highest BCUT2D eigenvalue weighted by atomic mass is 16.5. The second-order valence-corrected chi connectivity index (χ2v) is 7.15. The fraction of sp³-hybridized carbons (Fsp3) is 0.526. The van der Waals surface area contributed by atoms with E-state index in [0.29, 0.717) is 43.8 Å². The Labute approximate surface area is 157 Å². The molecule has 0 aromatic carbocycles. The number of likely N-dealkylation sites (tertiary alicyclic amines) is 1. The van der Waals surface area contributed by atoms with Crippen LogP contribution in [0.15, 0.2) is 33.7 Å². The number of hydrogen-bond donors (Lipinski definition) is 1. The first-order valence-electron chi connectivity index (χ1n) is 9.45. The Balaban J connectivity index is 1.31. The van der Waals surface area contributed by atoms with Gasteiger partial charge in [0.2, 0.25) is 11.3 Å². The number of nitrogens with one attached hydrogen (secondary N) is 1. The minimum Gasteiger partial charge on any atom is -0.378 e. The summed E-state index contributed by atoms with van der Waals surface area (Å²) in [5.74, 6) is 1.42. The molecular formula is C19H24N4O4. The molecule has 27 heavy (non-hydrogen) atoms. The fourth-order valence-electron chi connectivity index (χ4n) is 3.71. The first-order valence-corrected chi connectivity index (χ1v) is 9.45. The Kier molecular flexibility index (Phi) is 5.24. The molecule has 2 aromatic heterocycles. The van der Waals surface area contributed by atoms with E-state index in [1.807, 2.05) is 11.0 Å². The van der Waals surface area contributed by atoms with Crippen molar-refractivity contribution in [1.29, 1.82) is 0 Å². The molecule has 1 amide bonds. The second-order valence-electron chi connectivity index (χ2n) is 7.15. The molecule has 2 aromatic rings. The number of carbonyl (C=O) groups is 1. The summed E-state index contributed by atoms with van der Waals surface area (Å²) in [5.41, 5.74) is 1.05. The van der Waals surface area contributed by atoms with Gasteiger partial charge in [0.1, 0.15) is 0 Å². The lowest BCUT2D eigenvalue weighted by Gasteiger charge is -2.31. The van der Waals surface area contributed by atoms with Gasteiger partial charge in [0.05, 0.1) is 13.2 Å². The highest BCUT2D eigenvalue weighted by Gasteiger charge is 2.27. The zero-order chi connectivity index (χ0) is 18.6. The molecule has 144 valence electrons. The predicted octanol–water partition coefficient (Wildman–Crippen LogP) is 1.29. The standard InChI is InChI=1S/C19H24N4O4/c24-18-2-1-15(13-20-18)11-14-3-5-23(6-4-14)19(25)16-12-17(21-27-16)22-7-9-26-10-8-22/h1-2,12-14H,3-11H2,(H,20,24). The zero-order valence-electron chi connectivity index (χ0n) is 15.2. The number of piperidine rings is 1. The summed E-state index contributed by atoms with van der Waals surface area (Å²) in [6.45, 7) is 4.27. The van der Waals surface area contributed by atoms with E-state index < -0.39 is 0 Å². The van der Waals surface area contributed by atoms with Crippen LogP contribution >= 0.6 is 0 Å². The molecule has 2 fully saturated rings. The van der Waals surface area contributed by atoms with Crippen molar-refractivity contribution in [2.24, 2.45) is 5.92 Å². The topological polar surface area (TPSA) is 91.7 Å². The van der Waals surface area contributed by atoms with Crippen LogP contribution in [0.3, 0.4) is 0 Å². The molecule has 8 heteroatoms. The average molecular weight is 372 g/mol. The number of nitrogens with zero attached hydrogens (tertiary/aromatic N) is 3. The number of carbonyl (C=O) groups excluding carboxylic acids is 1. The molecule has 2 aliphatic rings. The first-order chi connectivity index (χ1) is 13.2. The van der Waals surface area contributed by atoms with Crippen molar-refractivity contribution in [3.05, 3.63) is 46.1 Å². The summed E-state index contributed by atoms with van der Waals surface area (Å²) in [6, 6.07) is 5.17. The number of hydrogen-bond acceptors (Lipinski definition) is 6. The van der Waals surface area contributed by atoms with Crippen molar-refractivity contribution in [2.75, 3.05) is 44.3 Å². The van der Waals surface area contributed by atoms with Gasteiger partial charge in [0.15, 0.2) is 5.82 Å². The third kappa shape index (κ3) is 4.21. The molecule has 0 spiro atoms. The molecule has 0 bridgehead atoms. The lowest BCUT2D eigenvalue weighted by molar-refractivity contribution is 0.0648. The predicted molar refractivity (Wildman–Crippen MR) is 98.9 cm³/mol. The maximum absolute atomic E-state index is 12.7. The van der Waals surface area contributed by atoms with Crippen LogP contribution < -0.4 is 10.5 Å². The van der Waals surface area contributed by atoms with E-state index in [-0.39, 0.29) is 11.5 Å².